The summed E-state index contributed by atoms with van der Waals surface area (Å²) in [5.74, 6) is 5.32. The monoisotopic (exact) mass is 539 g/mol. The lowest BCUT2D eigenvalue weighted by Gasteiger charge is -2.33. The second-order valence-electron chi connectivity index (χ2n) is 14.0. The third-order valence-electron chi connectivity index (χ3n) is 6.01. The largest absolute Gasteiger partial charge is 0.353 e. The van der Waals surface area contributed by atoms with Crippen LogP contribution in [0.25, 0.3) is 0 Å². The maximum atomic E-state index is 11.6. The van der Waals surface area contributed by atoms with Crippen molar-refractivity contribution >= 4 is 15.4 Å². The molecule has 0 aliphatic carbocycles. The standard InChI is InChI=1S/C11H16.C10H21NOS.C10H20O2.CH4/c1-9-5-7-10(8-6-9)11(2,3)4;1-10(2,3)9-11-5-7-13(4,12)8-6-11;1-10(2,3)8-12-9-6-4-5-7-11-9;/h5-8H,1-4H3;4-9H2,1-3H3;9H,4-8H2,1-3H3;1H4. The fourth-order valence-corrected chi connectivity index (χ4v) is 5.26. The lowest BCUT2D eigenvalue weighted by molar-refractivity contribution is -0.174. The molecule has 0 N–H and O–H groups in total. The average Bonchev–Trinajstić information content (AvgIpc) is 2.74. The third kappa shape index (κ3) is 18.1. The van der Waals surface area contributed by atoms with Gasteiger partial charge in [-0.15, -0.1) is 0 Å². The minimum absolute atomic E-state index is 0. The predicted molar refractivity (Wildman–Crippen MR) is 167 cm³/mol. The van der Waals surface area contributed by atoms with Crippen molar-refractivity contribution < 1.29 is 13.7 Å². The van der Waals surface area contributed by atoms with E-state index in [4.69, 9.17) is 9.47 Å². The first kappa shape index (κ1) is 36.1. The summed E-state index contributed by atoms with van der Waals surface area (Å²) < 4.78 is 22.7. The maximum Gasteiger partial charge on any atom is 0.157 e. The molecule has 0 aromatic heterocycles. The number of nitrogens with zero attached hydrogens (tertiary/aromatic N) is 1. The Kier molecular flexibility index (Phi) is 15.3. The van der Waals surface area contributed by atoms with E-state index in [1.807, 2.05) is 0 Å². The number of hydrogen-bond donors (Lipinski definition) is 0. The first-order valence-electron chi connectivity index (χ1n) is 13.7. The molecule has 3 rings (SSSR count). The van der Waals surface area contributed by atoms with Gasteiger partial charge in [-0.05, 0) is 63.4 Å². The van der Waals surface area contributed by atoms with Gasteiger partial charge in [0.1, 0.15) is 0 Å². The molecular formula is C32H61NO3S. The Morgan fingerprint density at radius 2 is 1.49 bits per heavy atom. The third-order valence-corrected chi connectivity index (χ3v) is 7.87. The van der Waals surface area contributed by atoms with Gasteiger partial charge in [0.25, 0.3) is 0 Å². The van der Waals surface area contributed by atoms with Crippen LogP contribution in [-0.4, -0.2) is 65.6 Å². The molecule has 1 atom stereocenters. The van der Waals surface area contributed by atoms with Crippen molar-refractivity contribution in [2.45, 2.75) is 108 Å². The predicted octanol–water partition coefficient (Wildman–Crippen LogP) is 7.57. The van der Waals surface area contributed by atoms with Gasteiger partial charge in [-0.1, -0.05) is 99.6 Å². The van der Waals surface area contributed by atoms with Crippen LogP contribution < -0.4 is 0 Å². The van der Waals surface area contributed by atoms with Crippen molar-refractivity contribution in [3.8, 4) is 0 Å². The quantitative estimate of drug-likeness (QED) is 0.371. The van der Waals surface area contributed by atoms with Crippen LogP contribution in [0, 0.1) is 17.8 Å². The summed E-state index contributed by atoms with van der Waals surface area (Å²) >= 11 is 0. The van der Waals surface area contributed by atoms with Crippen LogP contribution in [-0.2, 0) is 24.4 Å². The van der Waals surface area contributed by atoms with Crippen LogP contribution in [0.5, 0.6) is 0 Å². The fourth-order valence-electron chi connectivity index (χ4n) is 3.87. The zero-order chi connectivity index (χ0) is 27.6. The summed E-state index contributed by atoms with van der Waals surface area (Å²) in [6, 6.07) is 8.74. The summed E-state index contributed by atoms with van der Waals surface area (Å²) in [7, 11) is -1.71. The highest BCUT2D eigenvalue weighted by molar-refractivity contribution is 8.00. The van der Waals surface area contributed by atoms with Gasteiger partial charge in [-0.3, -0.25) is 4.21 Å². The van der Waals surface area contributed by atoms with Crippen molar-refractivity contribution in [2.75, 3.05) is 44.4 Å². The smallest absolute Gasteiger partial charge is 0.157 e. The molecule has 0 amide bonds. The Bertz CT molecular complexity index is 820. The average molecular weight is 540 g/mol. The van der Waals surface area contributed by atoms with E-state index in [2.05, 4.69) is 104 Å². The summed E-state index contributed by atoms with van der Waals surface area (Å²) in [6.07, 6.45) is 3.57. The highest BCUT2D eigenvalue weighted by atomic mass is 32.2. The van der Waals surface area contributed by atoms with E-state index in [-0.39, 0.29) is 24.5 Å². The van der Waals surface area contributed by atoms with Gasteiger partial charge in [-0.2, -0.15) is 0 Å². The first-order valence-corrected chi connectivity index (χ1v) is 15.8. The highest BCUT2D eigenvalue weighted by Gasteiger charge is 2.22. The van der Waals surface area contributed by atoms with Crippen molar-refractivity contribution in [1.29, 1.82) is 0 Å². The Balaban J connectivity index is 0.000000520. The number of hydrogen-bond acceptors (Lipinski definition) is 4. The van der Waals surface area contributed by atoms with E-state index in [0.29, 0.717) is 5.41 Å². The Morgan fingerprint density at radius 1 is 0.946 bits per heavy atom. The topological polar surface area (TPSA) is 38.8 Å². The molecule has 1 unspecified atom stereocenters. The molecule has 0 spiro atoms. The SMILES string of the molecule is C.C=S1(=O)CCN(CC(C)(C)C)CC1.CC(C)(C)COC1CCCCO1.Cc1ccc(C(C)(C)C)cc1. The zero-order valence-electron chi connectivity index (χ0n) is 25.2. The zero-order valence-corrected chi connectivity index (χ0v) is 26.1. The normalized spacial score (nSPS) is 20.4. The Labute approximate surface area is 231 Å². The summed E-state index contributed by atoms with van der Waals surface area (Å²) in [6.45, 7) is 26.7. The minimum Gasteiger partial charge on any atom is -0.353 e. The van der Waals surface area contributed by atoms with E-state index in [0.717, 1.165) is 50.8 Å². The first-order chi connectivity index (χ1) is 16.4. The minimum atomic E-state index is -1.71. The van der Waals surface area contributed by atoms with Gasteiger partial charge in [0.15, 0.2) is 6.29 Å². The van der Waals surface area contributed by atoms with Crippen molar-refractivity contribution in [2.24, 2.45) is 10.8 Å². The summed E-state index contributed by atoms with van der Waals surface area (Å²) in [5.41, 5.74) is 3.62. The molecule has 2 aliphatic heterocycles. The molecule has 2 fully saturated rings. The van der Waals surface area contributed by atoms with Gasteiger partial charge in [0.05, 0.1) is 6.61 Å². The Hall–Kier alpha value is -0.880. The van der Waals surface area contributed by atoms with Crippen molar-refractivity contribution in [3.05, 3.63) is 35.4 Å². The van der Waals surface area contributed by atoms with Gasteiger partial charge < -0.3 is 14.4 Å². The molecule has 0 saturated carbocycles. The Morgan fingerprint density at radius 3 is 1.89 bits per heavy atom. The number of benzene rings is 1. The van der Waals surface area contributed by atoms with E-state index < -0.39 is 9.52 Å². The molecule has 5 heteroatoms. The summed E-state index contributed by atoms with van der Waals surface area (Å²) in [4.78, 5) is 2.40. The van der Waals surface area contributed by atoms with Crippen LogP contribution in [0.2, 0.25) is 0 Å². The highest BCUT2D eigenvalue weighted by Crippen LogP contribution is 2.22. The van der Waals surface area contributed by atoms with Crippen LogP contribution in [0.3, 0.4) is 0 Å². The molecule has 0 bridgehead atoms. The number of ether oxygens (including phenoxy) is 2. The molecule has 37 heavy (non-hydrogen) atoms. The van der Waals surface area contributed by atoms with E-state index in [9.17, 15) is 4.21 Å². The van der Waals surface area contributed by atoms with Gasteiger partial charge in [-0.25, -0.2) is 0 Å². The van der Waals surface area contributed by atoms with Crippen LogP contribution in [0.15, 0.2) is 24.3 Å². The molecule has 0 radical (unpaired) electrons. The van der Waals surface area contributed by atoms with Crippen LogP contribution >= 0.6 is 0 Å². The van der Waals surface area contributed by atoms with Crippen LogP contribution in [0.4, 0.5) is 0 Å². The second-order valence-corrected chi connectivity index (χ2v) is 16.7. The molecule has 2 saturated heterocycles. The van der Waals surface area contributed by atoms with E-state index >= 15 is 0 Å². The second kappa shape index (κ2) is 15.6. The lowest BCUT2D eigenvalue weighted by Crippen LogP contribution is -2.43. The maximum absolute atomic E-state index is 11.6. The van der Waals surface area contributed by atoms with E-state index in [1.54, 1.807) is 0 Å². The number of rotatable bonds is 3. The van der Waals surface area contributed by atoms with Crippen molar-refractivity contribution in [3.63, 3.8) is 0 Å². The molecule has 2 aliphatic rings. The molecular weight excluding hydrogens is 478 g/mol. The van der Waals surface area contributed by atoms with Gasteiger partial charge in [0.2, 0.25) is 0 Å². The fraction of sp³-hybridized carbons (Fsp3) is 0.781. The molecule has 218 valence electrons. The molecule has 1 aromatic carbocycles. The molecule has 2 heterocycles. The van der Waals surface area contributed by atoms with Crippen LogP contribution in [0.1, 0.15) is 100 Å². The van der Waals surface area contributed by atoms with Gasteiger partial charge >= 0.3 is 0 Å². The van der Waals surface area contributed by atoms with E-state index in [1.165, 1.54) is 24.0 Å². The molecule has 1 aromatic rings. The molecule has 4 nitrogen and oxygen atoms in total. The number of aryl methyl sites for hydroxylation is 1. The lowest BCUT2D eigenvalue weighted by atomic mass is 9.87. The summed E-state index contributed by atoms with van der Waals surface area (Å²) in [5, 5.41) is 0. The van der Waals surface area contributed by atoms with Gasteiger partial charge in [0, 0.05) is 37.7 Å². The van der Waals surface area contributed by atoms with Crippen molar-refractivity contribution in [1.82, 2.24) is 4.90 Å².